The fraction of sp³-hybridized carbons (Fsp3) is 1.00. The van der Waals surface area contributed by atoms with Gasteiger partial charge in [0.2, 0.25) is 0 Å². The minimum absolute atomic E-state index is 0.348. The molecule has 0 aromatic heterocycles. The molecule has 0 bridgehead atoms. The first kappa shape index (κ1) is 12.0. The van der Waals surface area contributed by atoms with Crippen molar-refractivity contribution in [1.29, 1.82) is 0 Å². The second-order valence-corrected chi connectivity index (χ2v) is 4.00. The van der Waals surface area contributed by atoms with Gasteiger partial charge in [-0.1, -0.05) is 0 Å². The molecular weight excluding hydrogens is 176 g/mol. The van der Waals surface area contributed by atoms with E-state index in [1.165, 1.54) is 0 Å². The maximum Gasteiger partial charge on any atom is 0.0594 e. The first-order valence-corrected chi connectivity index (χ1v) is 5.11. The monoisotopic (exact) mass is 193 g/mol. The normalized spacial score (nSPS) is 14.7. The molecule has 1 N–H and O–H groups in total. The smallest absolute Gasteiger partial charge is 0.0594 e. The summed E-state index contributed by atoms with van der Waals surface area (Å²) < 4.78 is 22.8. The van der Waals surface area contributed by atoms with E-state index in [9.17, 15) is 8.76 Å². The molecule has 0 saturated carbocycles. The molecule has 0 spiro atoms. The van der Waals surface area contributed by atoms with Crippen molar-refractivity contribution in [2.45, 2.75) is 39.8 Å². The van der Waals surface area contributed by atoms with Crippen LogP contribution in [0.1, 0.15) is 27.7 Å². The van der Waals surface area contributed by atoms with E-state index in [0.29, 0.717) is 18.8 Å². The van der Waals surface area contributed by atoms with Crippen molar-refractivity contribution in [1.82, 2.24) is 9.62 Å². The van der Waals surface area contributed by atoms with E-state index in [0.717, 1.165) is 0 Å². The Labute approximate surface area is 76.8 Å². The molecule has 1 unspecified atom stereocenters. The average Bonchev–Trinajstić information content (AvgIpc) is 1.84. The van der Waals surface area contributed by atoms with Crippen LogP contribution in [0.3, 0.4) is 0 Å². The van der Waals surface area contributed by atoms with Gasteiger partial charge < -0.3 is 4.55 Å². The molecule has 0 aromatic rings. The lowest BCUT2D eigenvalue weighted by atomic mass is 10.2. The summed E-state index contributed by atoms with van der Waals surface area (Å²) in [4.78, 5) is 2.05. The van der Waals surface area contributed by atoms with Gasteiger partial charge in [0.05, 0.1) is 6.67 Å². The van der Waals surface area contributed by atoms with Gasteiger partial charge in [0, 0.05) is 23.4 Å². The maximum absolute atomic E-state index is 10.2. The van der Waals surface area contributed by atoms with Gasteiger partial charge in [0.1, 0.15) is 0 Å². The van der Waals surface area contributed by atoms with Gasteiger partial charge in [-0.15, -0.1) is 0 Å². The second kappa shape index (κ2) is 5.64. The van der Waals surface area contributed by atoms with Gasteiger partial charge in [-0.3, -0.25) is 9.11 Å². The first-order valence-electron chi connectivity index (χ1n) is 4.03. The van der Waals surface area contributed by atoms with Crippen LogP contribution in [0.4, 0.5) is 0 Å². The van der Waals surface area contributed by atoms with Gasteiger partial charge in [-0.05, 0) is 27.7 Å². The van der Waals surface area contributed by atoms with Crippen molar-refractivity contribution in [2.24, 2.45) is 0 Å². The molecule has 0 radical (unpaired) electrons. The third kappa shape index (κ3) is 4.82. The first-order chi connectivity index (χ1) is 5.45. The Kier molecular flexibility index (Phi) is 5.65. The molecule has 0 fully saturated rings. The maximum atomic E-state index is 10.2. The molecule has 0 aliphatic carbocycles. The summed E-state index contributed by atoms with van der Waals surface area (Å²) in [5.41, 5.74) is 0. The van der Waals surface area contributed by atoms with E-state index in [4.69, 9.17) is 0 Å². The summed E-state index contributed by atoms with van der Waals surface area (Å²) in [6.45, 7) is 8.53. The molecule has 1 atom stereocenters. The Morgan fingerprint density at radius 3 is 2.00 bits per heavy atom. The lowest BCUT2D eigenvalue weighted by Gasteiger charge is -2.30. The lowest BCUT2D eigenvalue weighted by Crippen LogP contribution is -2.43. The van der Waals surface area contributed by atoms with Crippen molar-refractivity contribution < 1.29 is 8.76 Å². The quantitative estimate of drug-likeness (QED) is 0.509. The van der Waals surface area contributed by atoms with E-state index in [1.807, 2.05) is 27.7 Å². The zero-order valence-electron chi connectivity index (χ0n) is 8.03. The van der Waals surface area contributed by atoms with Crippen LogP contribution in [-0.2, 0) is 11.3 Å². The van der Waals surface area contributed by atoms with Crippen LogP contribution < -0.4 is 4.72 Å². The Morgan fingerprint density at radius 1 is 1.33 bits per heavy atom. The number of rotatable bonds is 5. The summed E-state index contributed by atoms with van der Waals surface area (Å²) in [5.74, 6) is 0. The summed E-state index contributed by atoms with van der Waals surface area (Å²) >= 11 is -2.16. The Bertz CT molecular complexity index is 142. The van der Waals surface area contributed by atoms with Gasteiger partial charge in [-0.25, -0.2) is 4.72 Å². The molecule has 0 aliphatic rings. The van der Waals surface area contributed by atoms with Gasteiger partial charge in [0.15, 0.2) is 0 Å². The van der Waals surface area contributed by atoms with E-state index >= 15 is 0 Å². The van der Waals surface area contributed by atoms with Crippen LogP contribution in [0.15, 0.2) is 0 Å². The fourth-order valence-corrected chi connectivity index (χ4v) is 1.34. The van der Waals surface area contributed by atoms with Crippen molar-refractivity contribution in [2.75, 3.05) is 6.67 Å². The van der Waals surface area contributed by atoms with Crippen molar-refractivity contribution in [3.8, 4) is 0 Å². The van der Waals surface area contributed by atoms with Gasteiger partial charge in [0.25, 0.3) is 0 Å². The van der Waals surface area contributed by atoms with E-state index in [2.05, 4.69) is 9.62 Å². The molecule has 74 valence electrons. The van der Waals surface area contributed by atoms with Gasteiger partial charge in [-0.2, -0.15) is 0 Å². The van der Waals surface area contributed by atoms with Crippen molar-refractivity contribution in [3.05, 3.63) is 0 Å². The number of nitrogens with zero attached hydrogens (tertiary/aromatic N) is 1. The van der Waals surface area contributed by atoms with Crippen LogP contribution in [0.5, 0.6) is 0 Å². The average molecular weight is 193 g/mol. The summed E-state index contributed by atoms with van der Waals surface area (Å²) in [5, 5.41) is 0. The largest absolute Gasteiger partial charge is 0.760 e. The van der Waals surface area contributed by atoms with Crippen molar-refractivity contribution in [3.63, 3.8) is 0 Å². The van der Waals surface area contributed by atoms with Crippen LogP contribution in [0.2, 0.25) is 0 Å². The molecular formula is C7H17N2O2S-. The second-order valence-electron chi connectivity index (χ2n) is 3.24. The molecule has 0 saturated heterocycles. The van der Waals surface area contributed by atoms with Crippen LogP contribution in [0, 0.1) is 0 Å². The van der Waals surface area contributed by atoms with Crippen LogP contribution in [0.25, 0.3) is 0 Å². The molecule has 0 aliphatic heterocycles. The van der Waals surface area contributed by atoms with Crippen LogP contribution in [-0.4, -0.2) is 32.4 Å². The summed E-state index contributed by atoms with van der Waals surface area (Å²) in [6, 6.07) is 0.696. The molecule has 0 aromatic carbocycles. The zero-order valence-corrected chi connectivity index (χ0v) is 8.85. The van der Waals surface area contributed by atoms with E-state index in [-0.39, 0.29) is 0 Å². The van der Waals surface area contributed by atoms with E-state index < -0.39 is 11.3 Å². The molecule has 0 heterocycles. The highest BCUT2D eigenvalue weighted by molar-refractivity contribution is 7.77. The molecule has 0 amide bonds. The molecule has 4 nitrogen and oxygen atoms in total. The highest BCUT2D eigenvalue weighted by Gasteiger charge is 2.11. The van der Waals surface area contributed by atoms with Gasteiger partial charge >= 0.3 is 0 Å². The Hall–Kier alpha value is 0.0300. The Morgan fingerprint density at radius 2 is 1.75 bits per heavy atom. The molecule has 12 heavy (non-hydrogen) atoms. The van der Waals surface area contributed by atoms with Crippen molar-refractivity contribution >= 4 is 11.3 Å². The summed E-state index contributed by atoms with van der Waals surface area (Å²) in [7, 11) is 0. The number of hydrogen-bond acceptors (Lipinski definition) is 3. The highest BCUT2D eigenvalue weighted by atomic mass is 32.2. The number of nitrogens with one attached hydrogen (secondary N) is 1. The predicted molar refractivity (Wildman–Crippen MR) is 49.0 cm³/mol. The minimum atomic E-state index is -2.16. The minimum Gasteiger partial charge on any atom is -0.760 e. The fourth-order valence-electron chi connectivity index (χ4n) is 1.09. The molecule has 0 rings (SSSR count). The SMILES string of the molecule is CC(C)N(CNS(=O)[O-])C(C)C. The topological polar surface area (TPSA) is 55.4 Å². The van der Waals surface area contributed by atoms with E-state index in [1.54, 1.807) is 0 Å². The lowest BCUT2D eigenvalue weighted by molar-refractivity contribution is 0.172. The third-order valence-corrected chi connectivity index (χ3v) is 2.06. The van der Waals surface area contributed by atoms with Crippen LogP contribution >= 0.6 is 0 Å². The Balaban J connectivity index is 3.88. The third-order valence-electron chi connectivity index (χ3n) is 1.69. The summed E-state index contributed by atoms with van der Waals surface area (Å²) in [6.07, 6.45) is 0. The highest BCUT2D eigenvalue weighted by Crippen LogP contribution is 2.02. The molecule has 5 heteroatoms. The predicted octanol–water partition coefficient (Wildman–Crippen LogP) is 0.446. The standard InChI is InChI=1S/C7H18N2O2S/c1-6(2)9(7(3)4)5-8-12(10)11/h6-8H,5H2,1-4H3,(H,10,11)/p-1. The number of hydrogen-bond donors (Lipinski definition) is 1. The zero-order chi connectivity index (χ0) is 9.72.